The van der Waals surface area contributed by atoms with Gasteiger partial charge in [0.2, 0.25) is 0 Å². The molecule has 1 aromatic rings. The van der Waals surface area contributed by atoms with Crippen LogP contribution >= 0.6 is 11.3 Å². The van der Waals surface area contributed by atoms with Gasteiger partial charge in [-0.25, -0.2) is 13.4 Å². The van der Waals surface area contributed by atoms with Gasteiger partial charge in [-0.15, -0.1) is 11.3 Å². The van der Waals surface area contributed by atoms with Crippen LogP contribution in [0.25, 0.3) is 0 Å². The van der Waals surface area contributed by atoms with Crippen molar-refractivity contribution in [2.45, 2.75) is 56.1 Å². The molecular formula is C14H27N3OS2Si. The van der Waals surface area contributed by atoms with E-state index in [1.165, 1.54) is 10.4 Å². The topological polar surface area (TPSA) is 56.2 Å². The van der Waals surface area contributed by atoms with E-state index in [-0.39, 0.29) is 5.04 Å². The fourth-order valence-corrected chi connectivity index (χ4v) is 9.10. The van der Waals surface area contributed by atoms with Crippen molar-refractivity contribution in [2.24, 2.45) is 0 Å². The summed E-state index contributed by atoms with van der Waals surface area (Å²) >= 11 is 1.55. The highest BCUT2D eigenvalue weighted by Crippen LogP contribution is 2.36. The largest absolute Gasteiger partial charge is 0.301 e. The molecule has 0 radical (unpaired) electrons. The van der Waals surface area contributed by atoms with Crippen LogP contribution in [0.15, 0.2) is 10.3 Å². The molecule has 0 amide bonds. The second-order valence-corrected chi connectivity index (χ2v) is 16.0. The molecule has 2 rings (SSSR count). The van der Waals surface area contributed by atoms with Gasteiger partial charge in [-0.2, -0.15) is 0 Å². The summed E-state index contributed by atoms with van der Waals surface area (Å²) in [5.74, 6) is 0. The Labute approximate surface area is 134 Å². The molecule has 0 saturated carbocycles. The third kappa shape index (κ3) is 3.59. The molecule has 7 heteroatoms. The lowest BCUT2D eigenvalue weighted by atomic mass is 10.1. The van der Waals surface area contributed by atoms with Crippen molar-refractivity contribution in [2.75, 3.05) is 13.6 Å². The van der Waals surface area contributed by atoms with Crippen molar-refractivity contribution in [1.82, 2.24) is 9.29 Å². The molecule has 0 bridgehead atoms. The molecule has 0 fully saturated rings. The molecule has 1 aliphatic rings. The second kappa shape index (κ2) is 5.45. The third-order valence-corrected chi connectivity index (χ3v) is 14.1. The van der Waals surface area contributed by atoms with E-state index in [9.17, 15) is 4.21 Å². The molecule has 2 heterocycles. The minimum absolute atomic E-state index is 0.0633. The Hall–Kier alpha value is -0.213. The summed E-state index contributed by atoms with van der Waals surface area (Å²) in [7, 11) is -2.76. The maximum Gasteiger partial charge on any atom is 0.140 e. The molecule has 1 aliphatic heterocycles. The molecule has 4 nitrogen and oxygen atoms in total. The van der Waals surface area contributed by atoms with Gasteiger partial charge in [-0.1, -0.05) is 33.9 Å². The summed E-state index contributed by atoms with van der Waals surface area (Å²) in [6.45, 7) is 12.8. The van der Waals surface area contributed by atoms with Crippen LogP contribution in [0.2, 0.25) is 18.1 Å². The maximum atomic E-state index is 12.9. The van der Waals surface area contributed by atoms with Gasteiger partial charge in [0.1, 0.15) is 22.4 Å². The first kappa shape index (κ1) is 17.1. The van der Waals surface area contributed by atoms with E-state index in [0.717, 1.165) is 19.5 Å². The quantitative estimate of drug-likeness (QED) is 0.822. The van der Waals surface area contributed by atoms with E-state index in [0.29, 0.717) is 4.21 Å². The average molecular weight is 346 g/mol. The van der Waals surface area contributed by atoms with Crippen LogP contribution < -0.4 is 4.39 Å². The lowest BCUT2D eigenvalue weighted by Crippen LogP contribution is -2.53. The third-order valence-electron chi connectivity index (χ3n) is 4.61. The number of rotatable bonds is 3. The molecule has 21 heavy (non-hydrogen) atoms. The Morgan fingerprint density at radius 2 is 2.05 bits per heavy atom. The molecule has 0 saturated heterocycles. The Kier molecular flexibility index (Phi) is 4.45. The van der Waals surface area contributed by atoms with Crippen LogP contribution in [0.5, 0.6) is 0 Å². The Morgan fingerprint density at radius 1 is 1.43 bits per heavy atom. The summed E-state index contributed by atoms with van der Waals surface area (Å²) in [5.41, 5.74) is 1.28. The van der Waals surface area contributed by atoms with Crippen LogP contribution in [0.4, 0.5) is 0 Å². The molecule has 1 unspecified atom stereocenters. The van der Waals surface area contributed by atoms with E-state index < -0.39 is 18.2 Å². The Morgan fingerprint density at radius 3 is 2.62 bits per heavy atom. The van der Waals surface area contributed by atoms with E-state index in [2.05, 4.69) is 50.2 Å². The van der Waals surface area contributed by atoms with Crippen LogP contribution in [0, 0.1) is 4.78 Å². The van der Waals surface area contributed by atoms with E-state index >= 15 is 0 Å². The van der Waals surface area contributed by atoms with Gasteiger partial charge in [-0.05, 0) is 30.1 Å². The van der Waals surface area contributed by atoms with Crippen molar-refractivity contribution in [3.05, 3.63) is 16.5 Å². The number of fused-ring (bicyclic) bond motifs is 1. The van der Waals surface area contributed by atoms with Crippen molar-refractivity contribution in [1.29, 1.82) is 4.78 Å². The first-order valence-corrected chi connectivity index (χ1v) is 12.7. The predicted octanol–water partition coefficient (Wildman–Crippen LogP) is 3.65. The van der Waals surface area contributed by atoms with Crippen LogP contribution in [0.1, 0.15) is 31.2 Å². The first-order chi connectivity index (χ1) is 9.42. The minimum Gasteiger partial charge on any atom is -0.301 e. The normalized spacial score (nSPS) is 20.1. The van der Waals surface area contributed by atoms with Gasteiger partial charge >= 0.3 is 0 Å². The number of likely N-dealkylation sites (N-methyl/N-ethyl adjacent to an activating group) is 1. The molecule has 120 valence electrons. The minimum atomic E-state index is -2.90. The summed E-state index contributed by atoms with van der Waals surface area (Å²) in [6.07, 6.45) is 0.998. The van der Waals surface area contributed by atoms with Gasteiger partial charge in [-0.3, -0.25) is 0 Å². The molecule has 0 aliphatic carbocycles. The summed E-state index contributed by atoms with van der Waals surface area (Å²) in [4.78, 5) is 3.55. The zero-order valence-corrected chi connectivity index (χ0v) is 16.5. The van der Waals surface area contributed by atoms with Crippen LogP contribution in [-0.2, 0) is 22.9 Å². The highest BCUT2D eigenvalue weighted by molar-refractivity contribution is 7.94. The summed E-state index contributed by atoms with van der Waals surface area (Å²) < 4.78 is 25.3. The van der Waals surface area contributed by atoms with Crippen LogP contribution in [0.3, 0.4) is 0 Å². The van der Waals surface area contributed by atoms with E-state index in [1.54, 1.807) is 11.3 Å². The first-order valence-electron chi connectivity index (χ1n) is 7.30. The van der Waals surface area contributed by atoms with Crippen LogP contribution in [-0.4, -0.2) is 30.9 Å². The smallest absolute Gasteiger partial charge is 0.140 e. The van der Waals surface area contributed by atoms with Crippen molar-refractivity contribution in [3.8, 4) is 0 Å². The number of hydrogen-bond acceptors (Lipinski definition) is 4. The fourth-order valence-electron chi connectivity index (χ4n) is 2.12. The highest BCUT2D eigenvalue weighted by atomic mass is 32.2. The Balaban J connectivity index is 2.29. The lowest BCUT2D eigenvalue weighted by Gasteiger charge is -2.37. The summed E-state index contributed by atoms with van der Waals surface area (Å²) in [5, 5.41) is 0.0633. The number of thiophene rings is 1. The fraction of sp³-hybridized carbons (Fsp3) is 0.714. The zero-order valence-electron chi connectivity index (χ0n) is 13.9. The standard InChI is InChI=1S/C14H27N3OS2Si/c1-14(2,3)21(5,6)16-20(15,18)13-9-11-7-8-17(4)10-12(11)19-13/h9H,7-8,10H2,1-6H3,(H2,15,16,18). The lowest BCUT2D eigenvalue weighted by molar-refractivity contribution is 0.317. The second-order valence-electron chi connectivity index (χ2n) is 7.53. The van der Waals surface area contributed by atoms with Crippen molar-refractivity contribution in [3.63, 3.8) is 0 Å². The number of nitrogens with one attached hydrogen (secondary N) is 2. The Bertz CT molecular complexity index is 629. The molecular weight excluding hydrogens is 318 g/mol. The van der Waals surface area contributed by atoms with Gasteiger partial charge in [0.15, 0.2) is 0 Å². The van der Waals surface area contributed by atoms with Crippen molar-refractivity contribution < 1.29 is 4.21 Å². The van der Waals surface area contributed by atoms with E-state index in [4.69, 9.17) is 4.78 Å². The molecule has 1 aromatic heterocycles. The molecule has 1 atom stereocenters. The number of hydrogen-bond donors (Lipinski definition) is 2. The zero-order chi connectivity index (χ0) is 16.1. The average Bonchev–Trinajstić information content (AvgIpc) is 2.69. The van der Waals surface area contributed by atoms with Gasteiger partial charge in [0.25, 0.3) is 0 Å². The maximum absolute atomic E-state index is 12.9. The predicted molar refractivity (Wildman–Crippen MR) is 93.8 cm³/mol. The molecule has 0 spiro atoms. The summed E-state index contributed by atoms with van der Waals surface area (Å²) in [6, 6.07) is 2.00. The monoisotopic (exact) mass is 345 g/mol. The van der Waals surface area contributed by atoms with Gasteiger partial charge < -0.3 is 4.90 Å². The SMILES string of the molecule is CN1CCc2cc(S(=N)(=O)N[Si](C)(C)C(C)(C)C)sc2C1. The highest BCUT2D eigenvalue weighted by Gasteiger charge is 2.38. The molecule has 2 N–H and O–H groups in total. The van der Waals surface area contributed by atoms with E-state index in [1.807, 2.05) is 6.07 Å². The van der Waals surface area contributed by atoms with Crippen molar-refractivity contribution >= 4 is 29.5 Å². The molecule has 0 aromatic carbocycles. The van der Waals surface area contributed by atoms with Gasteiger partial charge in [0, 0.05) is 18.0 Å². The number of nitrogens with zero attached hydrogens (tertiary/aromatic N) is 1. The van der Waals surface area contributed by atoms with Gasteiger partial charge in [0.05, 0.1) is 0 Å².